The topological polar surface area (TPSA) is 66.8 Å². The molecule has 0 aromatic heterocycles. The van der Waals surface area contributed by atoms with Crippen LogP contribution < -0.4 is 4.74 Å². The Hall–Kier alpha value is -2.53. The number of carbonyl (C=O) groups excluding carboxylic acids is 1. The highest BCUT2D eigenvalue weighted by molar-refractivity contribution is 6.30. The third-order valence-corrected chi connectivity index (χ3v) is 5.49. The van der Waals surface area contributed by atoms with Crippen LogP contribution in [0.25, 0.3) is 0 Å². The average Bonchev–Trinajstić information content (AvgIpc) is 2.60. The number of rotatable bonds is 3. The SMILES string of the molecule is C[C@@]12C[C@@H](c3cc(Cl)ccc3O1)[C@H](C(=O)O)C(=O)N2Cc1ccccc1. The molecule has 134 valence electrons. The fourth-order valence-corrected chi connectivity index (χ4v) is 4.20. The van der Waals surface area contributed by atoms with E-state index in [1.807, 2.05) is 37.3 Å². The van der Waals surface area contributed by atoms with Crippen molar-refractivity contribution >= 4 is 23.5 Å². The van der Waals surface area contributed by atoms with E-state index < -0.39 is 29.4 Å². The Bertz CT molecular complexity index is 885. The lowest BCUT2D eigenvalue weighted by atomic mass is 9.73. The van der Waals surface area contributed by atoms with Crippen LogP contribution in [-0.4, -0.2) is 27.6 Å². The highest BCUT2D eigenvalue weighted by atomic mass is 35.5. The van der Waals surface area contributed by atoms with Gasteiger partial charge in [0.05, 0.1) is 0 Å². The maximum atomic E-state index is 13.1. The minimum Gasteiger partial charge on any atom is -0.481 e. The number of amides is 1. The summed E-state index contributed by atoms with van der Waals surface area (Å²) in [6, 6.07) is 14.7. The average molecular weight is 372 g/mol. The molecule has 5 nitrogen and oxygen atoms in total. The first-order chi connectivity index (χ1) is 12.4. The van der Waals surface area contributed by atoms with Gasteiger partial charge in [-0.2, -0.15) is 0 Å². The Morgan fingerprint density at radius 1 is 1.31 bits per heavy atom. The van der Waals surface area contributed by atoms with Crippen LogP contribution in [0.2, 0.25) is 5.02 Å². The van der Waals surface area contributed by atoms with Gasteiger partial charge >= 0.3 is 5.97 Å². The van der Waals surface area contributed by atoms with Crippen molar-refractivity contribution in [1.29, 1.82) is 0 Å². The van der Waals surface area contributed by atoms with Gasteiger partial charge < -0.3 is 9.84 Å². The van der Waals surface area contributed by atoms with Crippen LogP contribution in [0, 0.1) is 5.92 Å². The summed E-state index contributed by atoms with van der Waals surface area (Å²) in [7, 11) is 0. The van der Waals surface area contributed by atoms with E-state index in [0.29, 0.717) is 29.3 Å². The molecule has 26 heavy (non-hydrogen) atoms. The molecule has 0 unspecified atom stereocenters. The highest BCUT2D eigenvalue weighted by Gasteiger charge is 2.56. The minimum absolute atomic E-state index is 0.301. The zero-order valence-corrected chi connectivity index (χ0v) is 14.9. The Morgan fingerprint density at radius 3 is 2.73 bits per heavy atom. The zero-order valence-electron chi connectivity index (χ0n) is 14.2. The smallest absolute Gasteiger partial charge is 0.316 e. The van der Waals surface area contributed by atoms with E-state index in [1.54, 1.807) is 23.1 Å². The van der Waals surface area contributed by atoms with Gasteiger partial charge in [-0.3, -0.25) is 14.5 Å². The molecule has 2 aliphatic heterocycles. The van der Waals surface area contributed by atoms with Crippen LogP contribution in [0.3, 0.4) is 0 Å². The predicted octanol–water partition coefficient (Wildman–Crippen LogP) is 3.67. The lowest BCUT2D eigenvalue weighted by molar-refractivity contribution is -0.181. The molecular formula is C20H18ClNO4. The van der Waals surface area contributed by atoms with Crippen LogP contribution in [0.4, 0.5) is 0 Å². The molecule has 2 bridgehead atoms. The van der Waals surface area contributed by atoms with Crippen LogP contribution in [0.1, 0.15) is 30.4 Å². The molecule has 1 N–H and O–H groups in total. The molecule has 4 rings (SSSR count). The molecule has 2 heterocycles. The Morgan fingerprint density at radius 2 is 2.04 bits per heavy atom. The van der Waals surface area contributed by atoms with Gasteiger partial charge in [-0.15, -0.1) is 0 Å². The Labute approximate surface area is 156 Å². The molecular weight excluding hydrogens is 354 g/mol. The lowest BCUT2D eigenvalue weighted by Gasteiger charge is -2.52. The number of benzene rings is 2. The third-order valence-electron chi connectivity index (χ3n) is 5.25. The summed E-state index contributed by atoms with van der Waals surface area (Å²) in [5, 5.41) is 10.3. The molecule has 6 heteroatoms. The second-order valence-corrected chi connectivity index (χ2v) is 7.43. The first-order valence-electron chi connectivity index (χ1n) is 8.46. The highest BCUT2D eigenvalue weighted by Crippen LogP contribution is 2.51. The molecule has 0 aliphatic carbocycles. The van der Waals surface area contributed by atoms with Crippen molar-refractivity contribution in [3.8, 4) is 5.75 Å². The quantitative estimate of drug-likeness (QED) is 0.836. The fraction of sp³-hybridized carbons (Fsp3) is 0.300. The van der Waals surface area contributed by atoms with Gasteiger partial charge in [-0.05, 0) is 30.7 Å². The van der Waals surface area contributed by atoms with E-state index >= 15 is 0 Å². The summed E-state index contributed by atoms with van der Waals surface area (Å²) in [5.41, 5.74) is 0.718. The predicted molar refractivity (Wildman–Crippen MR) is 96.0 cm³/mol. The van der Waals surface area contributed by atoms with E-state index in [1.165, 1.54) is 0 Å². The molecule has 2 aromatic carbocycles. The van der Waals surface area contributed by atoms with Crippen LogP contribution in [0.15, 0.2) is 48.5 Å². The van der Waals surface area contributed by atoms with Gasteiger partial charge in [0.25, 0.3) is 0 Å². The van der Waals surface area contributed by atoms with Gasteiger partial charge in [-0.25, -0.2) is 0 Å². The number of hydrogen-bond acceptors (Lipinski definition) is 3. The van der Waals surface area contributed by atoms with E-state index in [-0.39, 0.29) is 0 Å². The fourth-order valence-electron chi connectivity index (χ4n) is 4.02. The standard InChI is InChI=1S/C20H18ClNO4/c1-20-10-15(14-9-13(21)7-8-16(14)26-20)17(19(24)25)18(23)22(20)11-12-5-3-2-4-6-12/h2-9,15,17H,10-11H2,1H3,(H,24,25)/t15-,17-,20-/m0/s1. The van der Waals surface area contributed by atoms with E-state index in [2.05, 4.69) is 0 Å². The Balaban J connectivity index is 1.80. The second-order valence-electron chi connectivity index (χ2n) is 7.00. The van der Waals surface area contributed by atoms with Gasteiger partial charge in [0, 0.05) is 29.5 Å². The molecule has 0 radical (unpaired) electrons. The normalized spacial score (nSPS) is 26.8. The van der Waals surface area contributed by atoms with Crippen molar-refractivity contribution in [1.82, 2.24) is 4.90 Å². The number of halogens is 1. The van der Waals surface area contributed by atoms with Crippen LogP contribution in [0.5, 0.6) is 5.75 Å². The lowest BCUT2D eigenvalue weighted by Crippen LogP contribution is -2.63. The number of hydrogen-bond donors (Lipinski definition) is 1. The number of carbonyl (C=O) groups is 2. The number of carboxylic acid groups (broad SMARTS) is 1. The van der Waals surface area contributed by atoms with Crippen LogP contribution >= 0.6 is 11.6 Å². The van der Waals surface area contributed by atoms with Crippen molar-refractivity contribution in [3.63, 3.8) is 0 Å². The summed E-state index contributed by atoms with van der Waals surface area (Å²) < 4.78 is 6.18. The number of carboxylic acids is 1. The summed E-state index contributed by atoms with van der Waals surface area (Å²) in [6.45, 7) is 2.14. The number of aliphatic carboxylic acids is 1. The van der Waals surface area contributed by atoms with Crippen LogP contribution in [-0.2, 0) is 16.1 Å². The maximum absolute atomic E-state index is 13.1. The van der Waals surface area contributed by atoms with Gasteiger partial charge in [0.1, 0.15) is 11.7 Å². The van der Waals surface area contributed by atoms with Gasteiger partial charge in [-0.1, -0.05) is 41.9 Å². The van der Waals surface area contributed by atoms with Crippen molar-refractivity contribution in [2.24, 2.45) is 5.92 Å². The molecule has 2 aromatic rings. The van der Waals surface area contributed by atoms with Crippen molar-refractivity contribution in [2.45, 2.75) is 31.5 Å². The summed E-state index contributed by atoms with van der Waals surface area (Å²) in [5.74, 6) is -2.56. The zero-order chi connectivity index (χ0) is 18.5. The number of ether oxygens (including phenoxy) is 1. The molecule has 1 saturated heterocycles. The van der Waals surface area contributed by atoms with Gasteiger partial charge in [0.15, 0.2) is 5.72 Å². The molecule has 2 aliphatic rings. The first-order valence-corrected chi connectivity index (χ1v) is 8.83. The van der Waals surface area contributed by atoms with E-state index in [9.17, 15) is 14.7 Å². The van der Waals surface area contributed by atoms with E-state index in [4.69, 9.17) is 16.3 Å². The van der Waals surface area contributed by atoms with Crippen molar-refractivity contribution < 1.29 is 19.4 Å². The molecule has 1 fully saturated rings. The first kappa shape index (κ1) is 16.9. The monoisotopic (exact) mass is 371 g/mol. The second kappa shape index (κ2) is 6.02. The van der Waals surface area contributed by atoms with Gasteiger partial charge in [0.2, 0.25) is 5.91 Å². The number of fused-ring (bicyclic) bond motifs is 4. The summed E-state index contributed by atoms with van der Waals surface area (Å²) in [6.07, 6.45) is 0.413. The Kier molecular flexibility index (Phi) is 3.92. The molecule has 1 amide bonds. The summed E-state index contributed by atoms with van der Waals surface area (Å²) in [4.78, 5) is 26.6. The molecule has 0 spiro atoms. The number of likely N-dealkylation sites (tertiary alicyclic amines) is 1. The molecule has 3 atom stereocenters. The number of piperidine rings is 1. The molecule has 0 saturated carbocycles. The minimum atomic E-state index is -1.15. The van der Waals surface area contributed by atoms with Crippen molar-refractivity contribution in [3.05, 3.63) is 64.7 Å². The van der Waals surface area contributed by atoms with Crippen molar-refractivity contribution in [2.75, 3.05) is 0 Å². The summed E-state index contributed by atoms with van der Waals surface area (Å²) >= 11 is 6.09. The van der Waals surface area contributed by atoms with E-state index in [0.717, 1.165) is 5.56 Å². The third kappa shape index (κ3) is 2.63. The maximum Gasteiger partial charge on any atom is 0.316 e. The largest absolute Gasteiger partial charge is 0.481 e. The number of nitrogens with zero attached hydrogens (tertiary/aromatic N) is 1.